The number of rotatable bonds is 0. The van der Waals surface area contributed by atoms with Gasteiger partial charge in [-0.05, 0) is 5.41 Å². The highest BCUT2D eigenvalue weighted by molar-refractivity contribution is 6.42. The molecule has 0 radical (unpaired) electrons. The Morgan fingerprint density at radius 3 is 2.14 bits per heavy atom. The smallest absolute Gasteiger partial charge is 0.147 e. The molecule has 0 aliphatic heterocycles. The summed E-state index contributed by atoms with van der Waals surface area (Å²) in [6.45, 7) is 5.59. The number of phenols is 1. The van der Waals surface area contributed by atoms with Crippen molar-refractivity contribution >= 4 is 23.2 Å². The Bertz CT molecular complexity index is 369. The highest BCUT2D eigenvalue weighted by Gasteiger charge is 2.25. The fraction of sp³-hybridized carbons (Fsp3) is 0.400. The minimum absolute atomic E-state index is 0.0802. The number of aromatic hydroxyl groups is 1. The van der Waals surface area contributed by atoms with Crippen LogP contribution in [-0.2, 0) is 5.41 Å². The highest BCUT2D eigenvalue weighted by atomic mass is 35.5. The Hall–Kier alpha value is -0.470. The van der Waals surface area contributed by atoms with E-state index in [1.165, 1.54) is 0 Å². The van der Waals surface area contributed by atoms with Crippen molar-refractivity contribution in [2.45, 2.75) is 26.2 Å². The minimum atomic E-state index is -0.706. The molecule has 14 heavy (non-hydrogen) atoms. The van der Waals surface area contributed by atoms with Crippen LogP contribution in [0.15, 0.2) is 6.07 Å². The quantitative estimate of drug-likeness (QED) is 0.672. The maximum Gasteiger partial charge on any atom is 0.147 e. The van der Waals surface area contributed by atoms with E-state index in [4.69, 9.17) is 23.2 Å². The molecule has 0 bridgehead atoms. The maximum atomic E-state index is 13.0. The van der Waals surface area contributed by atoms with Crippen molar-refractivity contribution in [3.63, 3.8) is 0 Å². The van der Waals surface area contributed by atoms with Crippen LogP contribution in [0.1, 0.15) is 26.3 Å². The molecule has 0 atom stereocenters. The normalized spacial score (nSPS) is 11.9. The Balaban J connectivity index is 3.53. The standard InChI is InChI=1S/C10H11Cl2FO/c1-10(2,3)7-6(14)4-5(13)8(11)9(7)12/h4,14H,1-3H3. The third-order valence-corrected chi connectivity index (χ3v) is 2.74. The summed E-state index contributed by atoms with van der Waals surface area (Å²) in [5.41, 5.74) is 0.0870. The summed E-state index contributed by atoms with van der Waals surface area (Å²) < 4.78 is 13.0. The molecule has 0 aliphatic rings. The summed E-state index contributed by atoms with van der Waals surface area (Å²) in [5, 5.41) is 9.49. The third kappa shape index (κ3) is 1.96. The van der Waals surface area contributed by atoms with E-state index in [1.54, 1.807) is 0 Å². The van der Waals surface area contributed by atoms with Crippen molar-refractivity contribution in [1.82, 2.24) is 0 Å². The zero-order chi connectivity index (χ0) is 11.1. The SMILES string of the molecule is CC(C)(C)c1c(O)cc(F)c(Cl)c1Cl. The second-order valence-electron chi connectivity index (χ2n) is 4.13. The van der Waals surface area contributed by atoms with Crippen molar-refractivity contribution in [2.24, 2.45) is 0 Å². The van der Waals surface area contributed by atoms with Gasteiger partial charge in [0.1, 0.15) is 11.6 Å². The predicted octanol–water partition coefficient (Wildman–Crippen LogP) is 4.14. The lowest BCUT2D eigenvalue weighted by atomic mass is 9.86. The van der Waals surface area contributed by atoms with E-state index in [0.717, 1.165) is 6.07 Å². The second-order valence-corrected chi connectivity index (χ2v) is 4.89. The second kappa shape index (κ2) is 3.59. The van der Waals surface area contributed by atoms with E-state index in [0.29, 0.717) is 5.56 Å². The Morgan fingerprint density at radius 1 is 1.21 bits per heavy atom. The van der Waals surface area contributed by atoms with Gasteiger partial charge in [-0.1, -0.05) is 44.0 Å². The van der Waals surface area contributed by atoms with E-state index >= 15 is 0 Å². The number of benzene rings is 1. The zero-order valence-corrected chi connectivity index (χ0v) is 9.67. The molecule has 1 rings (SSSR count). The lowest BCUT2D eigenvalue weighted by Gasteiger charge is -2.22. The first-order valence-electron chi connectivity index (χ1n) is 4.12. The third-order valence-electron chi connectivity index (χ3n) is 1.89. The van der Waals surface area contributed by atoms with Crippen molar-refractivity contribution in [3.05, 3.63) is 27.5 Å². The zero-order valence-electron chi connectivity index (χ0n) is 8.16. The molecule has 0 aliphatic carbocycles. The largest absolute Gasteiger partial charge is 0.507 e. The predicted molar refractivity (Wildman–Crippen MR) is 56.8 cm³/mol. The minimum Gasteiger partial charge on any atom is -0.507 e. The van der Waals surface area contributed by atoms with Crippen LogP contribution in [0.3, 0.4) is 0 Å². The van der Waals surface area contributed by atoms with Gasteiger partial charge in [0.2, 0.25) is 0 Å². The van der Waals surface area contributed by atoms with Crippen LogP contribution in [0.5, 0.6) is 5.75 Å². The van der Waals surface area contributed by atoms with Gasteiger partial charge in [-0.2, -0.15) is 0 Å². The van der Waals surface area contributed by atoms with Gasteiger partial charge < -0.3 is 5.11 Å². The van der Waals surface area contributed by atoms with E-state index in [1.807, 2.05) is 20.8 Å². The lowest BCUT2D eigenvalue weighted by Crippen LogP contribution is -2.12. The maximum absolute atomic E-state index is 13.0. The highest BCUT2D eigenvalue weighted by Crippen LogP contribution is 2.41. The molecule has 0 spiro atoms. The van der Waals surface area contributed by atoms with Crippen LogP contribution in [0.2, 0.25) is 10.0 Å². The monoisotopic (exact) mass is 236 g/mol. The molecule has 1 N–H and O–H groups in total. The molecule has 0 saturated carbocycles. The molecular weight excluding hydrogens is 226 g/mol. The van der Waals surface area contributed by atoms with Crippen molar-refractivity contribution in [3.8, 4) is 5.75 Å². The van der Waals surface area contributed by atoms with E-state index in [-0.39, 0.29) is 21.2 Å². The molecule has 1 nitrogen and oxygen atoms in total. The molecule has 0 heterocycles. The van der Waals surface area contributed by atoms with Crippen molar-refractivity contribution in [1.29, 1.82) is 0 Å². The summed E-state index contributed by atoms with van der Waals surface area (Å²) >= 11 is 11.5. The van der Waals surface area contributed by atoms with Gasteiger partial charge in [-0.15, -0.1) is 0 Å². The first-order valence-corrected chi connectivity index (χ1v) is 4.87. The molecule has 4 heteroatoms. The van der Waals surface area contributed by atoms with Gasteiger partial charge in [-0.25, -0.2) is 4.39 Å². The Labute approximate surface area is 92.5 Å². The summed E-state index contributed by atoms with van der Waals surface area (Å²) in [5.74, 6) is -0.869. The molecule has 0 saturated heterocycles. The molecule has 1 aromatic rings. The van der Waals surface area contributed by atoms with Gasteiger partial charge in [-0.3, -0.25) is 0 Å². The Kier molecular flexibility index (Phi) is 2.98. The topological polar surface area (TPSA) is 20.2 Å². The lowest BCUT2D eigenvalue weighted by molar-refractivity contribution is 0.441. The summed E-state index contributed by atoms with van der Waals surface area (Å²) in [4.78, 5) is 0. The van der Waals surface area contributed by atoms with E-state index < -0.39 is 5.82 Å². The molecular formula is C10H11Cl2FO. The molecule has 0 unspecified atom stereocenters. The van der Waals surface area contributed by atoms with Crippen LogP contribution in [0.4, 0.5) is 4.39 Å². The first-order chi connectivity index (χ1) is 6.25. The van der Waals surface area contributed by atoms with E-state index in [9.17, 15) is 9.50 Å². The molecule has 78 valence electrons. The average molecular weight is 237 g/mol. The average Bonchev–Trinajstić information content (AvgIpc) is 1.97. The summed E-state index contributed by atoms with van der Waals surface area (Å²) in [6.07, 6.45) is 0. The van der Waals surface area contributed by atoms with Crippen LogP contribution in [-0.4, -0.2) is 5.11 Å². The van der Waals surface area contributed by atoms with Crippen LogP contribution >= 0.6 is 23.2 Å². The Morgan fingerprint density at radius 2 is 1.71 bits per heavy atom. The van der Waals surface area contributed by atoms with Gasteiger partial charge in [0.05, 0.1) is 10.0 Å². The van der Waals surface area contributed by atoms with Crippen molar-refractivity contribution < 1.29 is 9.50 Å². The van der Waals surface area contributed by atoms with Crippen LogP contribution in [0, 0.1) is 5.82 Å². The van der Waals surface area contributed by atoms with E-state index in [2.05, 4.69) is 0 Å². The van der Waals surface area contributed by atoms with Crippen molar-refractivity contribution in [2.75, 3.05) is 0 Å². The number of phenolic OH excluding ortho intramolecular Hbond substituents is 1. The van der Waals surface area contributed by atoms with Gasteiger partial charge >= 0.3 is 0 Å². The van der Waals surface area contributed by atoms with Crippen LogP contribution < -0.4 is 0 Å². The first kappa shape index (κ1) is 11.6. The number of hydrogen-bond donors (Lipinski definition) is 1. The summed E-state index contributed by atoms with van der Waals surface area (Å²) in [7, 11) is 0. The molecule has 0 aromatic heterocycles. The molecule has 0 amide bonds. The fourth-order valence-corrected chi connectivity index (χ4v) is 1.92. The van der Waals surface area contributed by atoms with Crippen LogP contribution in [0.25, 0.3) is 0 Å². The van der Waals surface area contributed by atoms with Gasteiger partial charge in [0.15, 0.2) is 0 Å². The molecule has 1 aromatic carbocycles. The molecule has 0 fully saturated rings. The number of hydrogen-bond acceptors (Lipinski definition) is 1. The summed E-state index contributed by atoms with van der Waals surface area (Å²) in [6, 6.07) is 0.981. The number of halogens is 3. The van der Waals surface area contributed by atoms with Gasteiger partial charge in [0, 0.05) is 11.6 Å². The fourth-order valence-electron chi connectivity index (χ4n) is 1.30. The van der Waals surface area contributed by atoms with Gasteiger partial charge in [0.25, 0.3) is 0 Å².